The molecule has 6 heteroatoms. The van der Waals surface area contributed by atoms with Crippen molar-refractivity contribution >= 4 is 15.9 Å². The predicted molar refractivity (Wildman–Crippen MR) is 68.3 cm³/mol. The molecule has 0 radical (unpaired) electrons. The Morgan fingerprint density at radius 3 is 2.89 bits per heavy atom. The lowest BCUT2D eigenvalue weighted by Gasteiger charge is -2.06. The summed E-state index contributed by atoms with van der Waals surface area (Å²) >= 11 is 3.15. The van der Waals surface area contributed by atoms with Crippen molar-refractivity contribution in [2.24, 2.45) is 0 Å². The van der Waals surface area contributed by atoms with E-state index in [1.807, 2.05) is 6.92 Å². The Labute approximate surface area is 111 Å². The molecule has 0 atom stereocenters. The molecular weight excluding hydrogens is 303 g/mol. The first-order valence-corrected chi connectivity index (χ1v) is 6.09. The maximum Gasteiger partial charge on any atom is 0.313 e. The number of benzene rings is 1. The van der Waals surface area contributed by atoms with E-state index in [-0.39, 0.29) is 17.2 Å². The van der Waals surface area contributed by atoms with E-state index in [1.165, 1.54) is 22.9 Å². The number of halogens is 2. The van der Waals surface area contributed by atoms with Gasteiger partial charge in [-0.1, -0.05) is 15.9 Å². The topological polar surface area (TPSA) is 44.1 Å². The molecular formula is C12H10BrFN2O2. The summed E-state index contributed by atoms with van der Waals surface area (Å²) in [5.74, 6) is -0.302. The van der Waals surface area contributed by atoms with Crippen LogP contribution in [-0.2, 0) is 6.54 Å². The Bertz CT molecular complexity index is 607. The second kappa shape index (κ2) is 5.30. The minimum Gasteiger partial charge on any atom is -0.434 e. The van der Waals surface area contributed by atoms with E-state index < -0.39 is 5.82 Å². The van der Waals surface area contributed by atoms with Gasteiger partial charge in [0.1, 0.15) is 11.6 Å². The number of aromatic nitrogens is 2. The van der Waals surface area contributed by atoms with Crippen LogP contribution in [-0.4, -0.2) is 9.55 Å². The molecule has 0 bridgehead atoms. The van der Waals surface area contributed by atoms with Crippen molar-refractivity contribution in [3.8, 4) is 11.6 Å². The average Bonchev–Trinajstić information content (AvgIpc) is 2.30. The van der Waals surface area contributed by atoms with Crippen LogP contribution in [0, 0.1) is 5.82 Å². The van der Waals surface area contributed by atoms with Gasteiger partial charge in [0, 0.05) is 29.5 Å². The van der Waals surface area contributed by atoms with Crippen LogP contribution in [0.2, 0.25) is 0 Å². The summed E-state index contributed by atoms with van der Waals surface area (Å²) in [6.07, 6.45) is 3.03. The molecule has 0 aliphatic rings. The third-order valence-corrected chi connectivity index (χ3v) is 2.73. The smallest absolute Gasteiger partial charge is 0.313 e. The average molecular weight is 313 g/mol. The van der Waals surface area contributed by atoms with E-state index in [0.29, 0.717) is 11.0 Å². The van der Waals surface area contributed by atoms with Crippen LogP contribution in [0.15, 0.2) is 39.9 Å². The van der Waals surface area contributed by atoms with Gasteiger partial charge in [-0.2, -0.15) is 0 Å². The molecule has 0 aliphatic heterocycles. The number of rotatable bonds is 3. The second-order valence-corrected chi connectivity index (χ2v) is 4.45. The second-order valence-electron chi connectivity index (χ2n) is 3.53. The van der Waals surface area contributed by atoms with Gasteiger partial charge in [0.15, 0.2) is 0 Å². The standard InChI is InChI=1S/C12H10BrFN2O2/c1-2-16-4-3-15-11(12(16)17)18-10-6-8(13)5-9(14)7-10/h3-7H,2H2,1H3. The lowest BCUT2D eigenvalue weighted by Crippen LogP contribution is -2.20. The Balaban J connectivity index is 2.37. The summed E-state index contributed by atoms with van der Waals surface area (Å²) in [7, 11) is 0. The van der Waals surface area contributed by atoms with Crippen LogP contribution in [0.5, 0.6) is 11.6 Å². The van der Waals surface area contributed by atoms with Crippen molar-refractivity contribution in [2.45, 2.75) is 13.5 Å². The predicted octanol–water partition coefficient (Wildman–Crippen LogP) is 2.96. The van der Waals surface area contributed by atoms with E-state index >= 15 is 0 Å². The minimum absolute atomic E-state index is 0.0724. The first kappa shape index (κ1) is 12.8. The summed E-state index contributed by atoms with van der Waals surface area (Å²) in [6, 6.07) is 4.05. The summed E-state index contributed by atoms with van der Waals surface area (Å²) in [6.45, 7) is 2.36. The van der Waals surface area contributed by atoms with Crippen LogP contribution < -0.4 is 10.3 Å². The number of nitrogens with zero attached hydrogens (tertiary/aromatic N) is 2. The number of ether oxygens (including phenoxy) is 1. The Kier molecular flexibility index (Phi) is 3.76. The van der Waals surface area contributed by atoms with E-state index in [9.17, 15) is 9.18 Å². The number of hydrogen-bond donors (Lipinski definition) is 0. The quantitative estimate of drug-likeness (QED) is 0.875. The third kappa shape index (κ3) is 2.76. The first-order valence-electron chi connectivity index (χ1n) is 5.29. The summed E-state index contributed by atoms with van der Waals surface area (Å²) < 4.78 is 20.4. The van der Waals surface area contributed by atoms with Crippen molar-refractivity contribution in [3.05, 3.63) is 51.2 Å². The lowest BCUT2D eigenvalue weighted by molar-refractivity contribution is 0.441. The maximum atomic E-state index is 13.2. The van der Waals surface area contributed by atoms with Crippen LogP contribution in [0.1, 0.15) is 6.92 Å². The fourth-order valence-corrected chi connectivity index (χ4v) is 1.89. The Hall–Kier alpha value is -1.69. The zero-order valence-corrected chi connectivity index (χ0v) is 11.1. The molecule has 4 nitrogen and oxygen atoms in total. The molecule has 0 saturated carbocycles. The highest BCUT2D eigenvalue weighted by molar-refractivity contribution is 9.10. The van der Waals surface area contributed by atoms with Gasteiger partial charge < -0.3 is 9.30 Å². The molecule has 2 rings (SSSR count). The third-order valence-electron chi connectivity index (χ3n) is 2.27. The summed E-state index contributed by atoms with van der Waals surface area (Å²) in [4.78, 5) is 15.7. The molecule has 94 valence electrons. The maximum absolute atomic E-state index is 13.2. The van der Waals surface area contributed by atoms with Gasteiger partial charge in [-0.3, -0.25) is 4.79 Å². The number of aryl methyl sites for hydroxylation is 1. The molecule has 0 amide bonds. The van der Waals surface area contributed by atoms with Gasteiger partial charge in [-0.25, -0.2) is 9.37 Å². The molecule has 18 heavy (non-hydrogen) atoms. The SMILES string of the molecule is CCn1ccnc(Oc2cc(F)cc(Br)c2)c1=O. The molecule has 0 aliphatic carbocycles. The van der Waals surface area contributed by atoms with E-state index in [4.69, 9.17) is 4.74 Å². The van der Waals surface area contributed by atoms with E-state index in [1.54, 1.807) is 12.3 Å². The molecule has 1 aromatic heterocycles. The highest BCUT2D eigenvalue weighted by Crippen LogP contribution is 2.23. The van der Waals surface area contributed by atoms with E-state index in [0.717, 1.165) is 0 Å². The Morgan fingerprint density at radius 1 is 1.44 bits per heavy atom. The van der Waals surface area contributed by atoms with Crippen molar-refractivity contribution < 1.29 is 9.13 Å². The molecule has 1 aromatic carbocycles. The van der Waals surface area contributed by atoms with Crippen LogP contribution in [0.3, 0.4) is 0 Å². The van der Waals surface area contributed by atoms with Crippen molar-refractivity contribution in [3.63, 3.8) is 0 Å². The van der Waals surface area contributed by atoms with Crippen molar-refractivity contribution in [2.75, 3.05) is 0 Å². The first-order chi connectivity index (χ1) is 8.60. The molecule has 0 saturated heterocycles. The fourth-order valence-electron chi connectivity index (χ4n) is 1.45. The fraction of sp³-hybridized carbons (Fsp3) is 0.167. The lowest BCUT2D eigenvalue weighted by atomic mass is 10.3. The van der Waals surface area contributed by atoms with E-state index in [2.05, 4.69) is 20.9 Å². The zero-order chi connectivity index (χ0) is 13.1. The molecule has 0 fully saturated rings. The summed E-state index contributed by atoms with van der Waals surface area (Å²) in [5, 5.41) is 0. The molecule has 1 heterocycles. The van der Waals surface area contributed by atoms with Gasteiger partial charge in [0.05, 0.1) is 0 Å². The van der Waals surface area contributed by atoms with Gasteiger partial charge in [0.25, 0.3) is 5.88 Å². The van der Waals surface area contributed by atoms with Gasteiger partial charge in [-0.05, 0) is 19.1 Å². The Morgan fingerprint density at radius 2 is 2.22 bits per heavy atom. The summed E-state index contributed by atoms with van der Waals surface area (Å²) in [5.41, 5.74) is -0.347. The van der Waals surface area contributed by atoms with Gasteiger partial charge in [0.2, 0.25) is 0 Å². The van der Waals surface area contributed by atoms with Crippen LogP contribution in [0.4, 0.5) is 4.39 Å². The number of hydrogen-bond acceptors (Lipinski definition) is 3. The minimum atomic E-state index is -0.453. The largest absolute Gasteiger partial charge is 0.434 e. The monoisotopic (exact) mass is 312 g/mol. The molecule has 0 unspecified atom stereocenters. The van der Waals surface area contributed by atoms with Crippen molar-refractivity contribution in [1.29, 1.82) is 0 Å². The molecule has 0 N–H and O–H groups in total. The normalized spacial score (nSPS) is 10.4. The van der Waals surface area contributed by atoms with Gasteiger partial charge >= 0.3 is 5.56 Å². The molecule has 0 spiro atoms. The van der Waals surface area contributed by atoms with Gasteiger partial charge in [-0.15, -0.1) is 0 Å². The van der Waals surface area contributed by atoms with Crippen LogP contribution in [0.25, 0.3) is 0 Å². The highest BCUT2D eigenvalue weighted by atomic mass is 79.9. The highest BCUT2D eigenvalue weighted by Gasteiger charge is 2.08. The van der Waals surface area contributed by atoms with Crippen molar-refractivity contribution in [1.82, 2.24) is 9.55 Å². The zero-order valence-electron chi connectivity index (χ0n) is 9.56. The molecule has 2 aromatic rings. The van der Waals surface area contributed by atoms with Crippen LogP contribution >= 0.6 is 15.9 Å².